The Morgan fingerprint density at radius 1 is 1.19 bits per heavy atom. The van der Waals surface area contributed by atoms with Gasteiger partial charge in [-0.1, -0.05) is 85.8 Å². The lowest BCUT2D eigenvalue weighted by atomic mass is 10.0. The maximum absolute atomic E-state index is 12.7. The van der Waals surface area contributed by atoms with Gasteiger partial charge in [0.25, 0.3) is 5.91 Å². The van der Waals surface area contributed by atoms with E-state index in [0.29, 0.717) is 20.2 Å². The lowest BCUT2D eigenvalue weighted by Crippen LogP contribution is -2.33. The summed E-state index contributed by atoms with van der Waals surface area (Å²) in [7, 11) is 0. The van der Waals surface area contributed by atoms with Crippen LogP contribution < -0.4 is 5.32 Å². The zero-order chi connectivity index (χ0) is 18.7. The molecule has 1 heterocycles. The van der Waals surface area contributed by atoms with Crippen LogP contribution in [0.15, 0.2) is 53.4 Å². The minimum Gasteiger partial charge on any atom is -0.366 e. The topological polar surface area (TPSA) is 32.3 Å². The number of rotatable bonds is 5. The van der Waals surface area contributed by atoms with Crippen molar-refractivity contribution in [1.29, 1.82) is 0 Å². The molecule has 134 valence electrons. The van der Waals surface area contributed by atoms with Crippen molar-refractivity contribution >= 4 is 57.6 Å². The number of carbonyl (C=O) groups excluding carboxylic acids is 1. The molecule has 0 bridgehead atoms. The fourth-order valence-corrected chi connectivity index (χ4v) is 3.99. The molecule has 0 saturated carbocycles. The molecular formula is C20H19ClN2OS2. The van der Waals surface area contributed by atoms with Gasteiger partial charge in [0.1, 0.15) is 4.32 Å². The summed E-state index contributed by atoms with van der Waals surface area (Å²) >= 11 is 12.8. The number of hydrogen-bond acceptors (Lipinski definition) is 4. The summed E-state index contributed by atoms with van der Waals surface area (Å²) in [5.74, 6) is 0.394. The molecule has 3 nitrogen and oxygen atoms in total. The van der Waals surface area contributed by atoms with Gasteiger partial charge in [-0.15, -0.1) is 0 Å². The molecule has 0 unspecified atom stereocenters. The summed E-state index contributed by atoms with van der Waals surface area (Å²) < 4.78 is 0.541. The molecule has 6 heteroatoms. The summed E-state index contributed by atoms with van der Waals surface area (Å²) in [4.78, 5) is 14.9. The van der Waals surface area contributed by atoms with Crippen molar-refractivity contribution in [2.75, 3.05) is 12.0 Å². The van der Waals surface area contributed by atoms with Crippen LogP contribution in [0.3, 0.4) is 0 Å². The summed E-state index contributed by atoms with van der Waals surface area (Å²) in [5, 5.41) is 3.78. The zero-order valence-electron chi connectivity index (χ0n) is 14.5. The molecule has 2 aromatic rings. The number of para-hydroxylation sites is 1. The van der Waals surface area contributed by atoms with Crippen LogP contribution in [0, 0.1) is 0 Å². The molecule has 1 fully saturated rings. The van der Waals surface area contributed by atoms with Crippen LogP contribution in [0.1, 0.15) is 30.9 Å². The highest BCUT2D eigenvalue weighted by Gasteiger charge is 2.31. The van der Waals surface area contributed by atoms with Crippen LogP contribution in [0.2, 0.25) is 5.02 Å². The summed E-state index contributed by atoms with van der Waals surface area (Å²) in [6, 6.07) is 15.7. The number of thioether (sulfide) groups is 1. The third-order valence-electron chi connectivity index (χ3n) is 4.08. The maximum atomic E-state index is 12.7. The Morgan fingerprint density at radius 2 is 1.88 bits per heavy atom. The molecule has 26 heavy (non-hydrogen) atoms. The number of nitrogens with one attached hydrogen (secondary N) is 1. The minimum absolute atomic E-state index is 0.0903. The lowest BCUT2D eigenvalue weighted by molar-refractivity contribution is -0.121. The maximum Gasteiger partial charge on any atom is 0.267 e. The summed E-state index contributed by atoms with van der Waals surface area (Å²) in [5.41, 5.74) is 3.05. The van der Waals surface area contributed by atoms with Crippen LogP contribution in [-0.4, -0.2) is 21.8 Å². The number of benzene rings is 2. The van der Waals surface area contributed by atoms with E-state index in [9.17, 15) is 4.79 Å². The molecule has 0 radical (unpaired) electrons. The number of carbonyl (C=O) groups is 1. The predicted octanol–water partition coefficient (Wildman–Crippen LogP) is 5.73. The smallest absolute Gasteiger partial charge is 0.267 e. The fraction of sp³-hybridized carbons (Fsp3) is 0.200. The molecule has 0 spiro atoms. The average Bonchev–Trinajstić information content (AvgIpc) is 2.88. The van der Waals surface area contributed by atoms with E-state index in [2.05, 4.69) is 31.3 Å². The lowest BCUT2D eigenvalue weighted by Gasteiger charge is -2.16. The molecule has 0 aromatic heterocycles. The molecule has 0 atom stereocenters. The standard InChI is InChI=1S/C20H19ClN2OS2/c1-13(2)15-9-7-14(8-10-15)11-18-19(24)23(20(25)26-18)12-22-17-6-4-3-5-16(17)21/h3-11,13,22H,12H2,1-2H3/b18-11-. The van der Waals surface area contributed by atoms with Crippen LogP contribution >= 0.6 is 35.6 Å². The largest absolute Gasteiger partial charge is 0.366 e. The van der Waals surface area contributed by atoms with Crippen LogP contribution in [0.5, 0.6) is 0 Å². The quantitative estimate of drug-likeness (QED) is 0.511. The molecule has 3 rings (SSSR count). The molecule has 0 aliphatic carbocycles. The Morgan fingerprint density at radius 3 is 2.54 bits per heavy atom. The van der Waals surface area contributed by atoms with Crippen molar-refractivity contribution in [2.24, 2.45) is 0 Å². The molecule has 1 N–H and O–H groups in total. The monoisotopic (exact) mass is 402 g/mol. The van der Waals surface area contributed by atoms with E-state index < -0.39 is 0 Å². The first-order chi connectivity index (χ1) is 12.5. The molecule has 1 aliphatic rings. The second kappa shape index (κ2) is 8.25. The number of halogens is 1. The SMILES string of the molecule is CC(C)c1ccc(/C=C2\SC(=S)N(CNc3ccccc3Cl)C2=O)cc1. The van der Waals surface area contributed by atoms with Gasteiger partial charge in [-0.25, -0.2) is 0 Å². The number of thiocarbonyl (C=S) groups is 1. The van der Waals surface area contributed by atoms with Gasteiger partial charge in [0.05, 0.1) is 22.3 Å². The molecule has 1 aliphatic heterocycles. The first kappa shape index (κ1) is 19.0. The molecule has 2 aromatic carbocycles. The number of anilines is 1. The molecule has 1 amide bonds. The Balaban J connectivity index is 1.71. The second-order valence-corrected chi connectivity index (χ2v) is 8.33. The van der Waals surface area contributed by atoms with Gasteiger partial charge in [0.15, 0.2) is 0 Å². The van der Waals surface area contributed by atoms with E-state index in [1.165, 1.54) is 17.3 Å². The van der Waals surface area contributed by atoms with E-state index in [1.54, 1.807) is 11.0 Å². The molecule has 1 saturated heterocycles. The summed E-state index contributed by atoms with van der Waals surface area (Å²) in [6.07, 6.45) is 1.89. The van der Waals surface area contributed by atoms with E-state index >= 15 is 0 Å². The van der Waals surface area contributed by atoms with Crippen LogP contribution in [0.25, 0.3) is 6.08 Å². The highest BCUT2D eigenvalue weighted by atomic mass is 35.5. The highest BCUT2D eigenvalue weighted by Crippen LogP contribution is 2.33. The van der Waals surface area contributed by atoms with Crippen LogP contribution in [0.4, 0.5) is 5.69 Å². The van der Waals surface area contributed by atoms with Crippen molar-refractivity contribution in [1.82, 2.24) is 4.90 Å². The zero-order valence-corrected chi connectivity index (χ0v) is 16.9. The number of amides is 1. The first-order valence-electron chi connectivity index (χ1n) is 8.29. The highest BCUT2D eigenvalue weighted by molar-refractivity contribution is 8.26. The third-order valence-corrected chi connectivity index (χ3v) is 5.78. The van der Waals surface area contributed by atoms with Crippen LogP contribution in [-0.2, 0) is 4.79 Å². The van der Waals surface area contributed by atoms with E-state index in [-0.39, 0.29) is 12.6 Å². The van der Waals surface area contributed by atoms with Gasteiger partial charge >= 0.3 is 0 Å². The van der Waals surface area contributed by atoms with E-state index in [1.807, 2.05) is 36.4 Å². The Labute approximate surface area is 168 Å². The van der Waals surface area contributed by atoms with Crippen molar-refractivity contribution in [3.05, 3.63) is 69.6 Å². The summed E-state index contributed by atoms with van der Waals surface area (Å²) in [6.45, 7) is 4.61. The van der Waals surface area contributed by atoms with Gasteiger partial charge in [-0.3, -0.25) is 9.69 Å². The Bertz CT molecular complexity index is 862. The first-order valence-corrected chi connectivity index (χ1v) is 9.89. The van der Waals surface area contributed by atoms with Crippen molar-refractivity contribution in [3.63, 3.8) is 0 Å². The second-order valence-electron chi connectivity index (χ2n) is 6.25. The van der Waals surface area contributed by atoms with Crippen molar-refractivity contribution < 1.29 is 4.79 Å². The van der Waals surface area contributed by atoms with Gasteiger partial charge in [-0.05, 0) is 35.3 Å². The third kappa shape index (κ3) is 4.29. The van der Waals surface area contributed by atoms with Crippen molar-refractivity contribution in [3.8, 4) is 0 Å². The Hall–Kier alpha value is -1.82. The number of hydrogen-bond donors (Lipinski definition) is 1. The minimum atomic E-state index is -0.0903. The molecular weight excluding hydrogens is 384 g/mol. The van der Waals surface area contributed by atoms with Gasteiger partial charge in [0, 0.05) is 0 Å². The van der Waals surface area contributed by atoms with Gasteiger partial charge < -0.3 is 5.32 Å². The normalized spacial score (nSPS) is 16.0. The predicted molar refractivity (Wildman–Crippen MR) is 115 cm³/mol. The Kier molecular flexibility index (Phi) is 6.01. The van der Waals surface area contributed by atoms with E-state index in [4.69, 9.17) is 23.8 Å². The average molecular weight is 403 g/mol. The van der Waals surface area contributed by atoms with E-state index in [0.717, 1.165) is 11.3 Å². The van der Waals surface area contributed by atoms with Crippen molar-refractivity contribution in [2.45, 2.75) is 19.8 Å². The fourth-order valence-electron chi connectivity index (χ4n) is 2.53. The van der Waals surface area contributed by atoms with Gasteiger partial charge in [0.2, 0.25) is 0 Å². The number of nitrogens with zero attached hydrogens (tertiary/aromatic N) is 1. The van der Waals surface area contributed by atoms with Gasteiger partial charge in [-0.2, -0.15) is 0 Å².